The molecule has 2 N–H and O–H groups in total. The number of anilines is 1. The molecule has 21 heavy (non-hydrogen) atoms. The Morgan fingerprint density at radius 3 is 3.05 bits per heavy atom. The molecule has 0 radical (unpaired) electrons. The van der Waals surface area contributed by atoms with Crippen LogP contribution in [0.5, 0.6) is 0 Å². The summed E-state index contributed by atoms with van der Waals surface area (Å²) in [7, 11) is 0. The van der Waals surface area contributed by atoms with E-state index >= 15 is 0 Å². The molecule has 0 saturated carbocycles. The van der Waals surface area contributed by atoms with Crippen molar-refractivity contribution in [2.24, 2.45) is 0 Å². The van der Waals surface area contributed by atoms with Crippen LogP contribution in [0.25, 0.3) is 0 Å². The molecule has 1 aliphatic rings. The van der Waals surface area contributed by atoms with Gasteiger partial charge in [0.05, 0.1) is 18.3 Å². The summed E-state index contributed by atoms with van der Waals surface area (Å²) >= 11 is 0. The predicted octanol–water partition coefficient (Wildman–Crippen LogP) is 0.708. The van der Waals surface area contributed by atoms with Gasteiger partial charge in [0.15, 0.2) is 0 Å². The van der Waals surface area contributed by atoms with Crippen molar-refractivity contribution in [1.82, 2.24) is 15.4 Å². The van der Waals surface area contributed by atoms with E-state index in [9.17, 15) is 4.79 Å². The van der Waals surface area contributed by atoms with E-state index in [0.717, 1.165) is 12.2 Å². The van der Waals surface area contributed by atoms with Crippen molar-refractivity contribution in [2.45, 2.75) is 32.2 Å². The van der Waals surface area contributed by atoms with Gasteiger partial charge in [0.1, 0.15) is 6.04 Å². The molecule has 1 unspecified atom stereocenters. The van der Waals surface area contributed by atoms with Crippen molar-refractivity contribution >= 4 is 11.8 Å². The number of carbonyl (C=O) groups is 1. The lowest BCUT2D eigenvalue weighted by Crippen LogP contribution is -2.52. The Balaban J connectivity index is 1.92. The number of amides is 1. The average molecular weight is 291 g/mol. The number of nitrogens with one attached hydrogen (secondary N) is 2. The molecule has 1 fully saturated rings. The molecule has 1 amide bonds. The van der Waals surface area contributed by atoms with E-state index < -0.39 is 0 Å². The second-order valence-corrected chi connectivity index (χ2v) is 6.19. The first-order valence-electron chi connectivity index (χ1n) is 7.01. The molecule has 2 heterocycles. The normalized spacial score (nSPS) is 20.0. The fourth-order valence-corrected chi connectivity index (χ4v) is 2.11. The zero-order valence-corrected chi connectivity index (χ0v) is 12.6. The van der Waals surface area contributed by atoms with Gasteiger partial charge in [-0.25, -0.2) is 0 Å². The zero-order chi connectivity index (χ0) is 15.5. The van der Waals surface area contributed by atoms with Gasteiger partial charge in [0, 0.05) is 31.1 Å². The topological polar surface area (TPSA) is 94.2 Å². The monoisotopic (exact) mass is 291 g/mol. The van der Waals surface area contributed by atoms with Crippen molar-refractivity contribution in [3.05, 3.63) is 11.8 Å². The number of piperazine rings is 1. The van der Waals surface area contributed by atoms with Crippen molar-refractivity contribution in [3.8, 4) is 6.07 Å². The molecule has 2 rings (SSSR count). The van der Waals surface area contributed by atoms with Crippen LogP contribution in [-0.2, 0) is 10.2 Å². The highest BCUT2D eigenvalue weighted by molar-refractivity contribution is 5.91. The lowest BCUT2D eigenvalue weighted by molar-refractivity contribution is -0.117. The summed E-state index contributed by atoms with van der Waals surface area (Å²) in [5.74, 6) is 0.141. The van der Waals surface area contributed by atoms with E-state index in [0.29, 0.717) is 19.0 Å². The minimum absolute atomic E-state index is 0.128. The summed E-state index contributed by atoms with van der Waals surface area (Å²) in [5, 5.41) is 18.8. The van der Waals surface area contributed by atoms with Crippen LogP contribution in [0.3, 0.4) is 0 Å². The van der Waals surface area contributed by atoms with Crippen molar-refractivity contribution < 1.29 is 9.32 Å². The Labute approximate surface area is 124 Å². The number of nitriles is 1. The Morgan fingerprint density at radius 2 is 2.43 bits per heavy atom. The largest absolute Gasteiger partial charge is 0.338 e. The number of nitrogens with zero attached hydrogens (tertiary/aromatic N) is 3. The van der Waals surface area contributed by atoms with Gasteiger partial charge in [-0.05, 0) is 0 Å². The second-order valence-electron chi connectivity index (χ2n) is 6.19. The Bertz CT molecular complexity index is 540. The Hall–Kier alpha value is -1.91. The van der Waals surface area contributed by atoms with Crippen LogP contribution in [-0.4, -0.2) is 48.2 Å². The molecule has 114 valence electrons. The molecule has 0 bridgehead atoms. The van der Waals surface area contributed by atoms with Gasteiger partial charge in [0.25, 0.3) is 0 Å². The molecule has 1 atom stereocenters. The number of aromatic nitrogens is 1. The predicted molar refractivity (Wildman–Crippen MR) is 77.7 cm³/mol. The number of hydrogen-bond acceptors (Lipinski definition) is 6. The van der Waals surface area contributed by atoms with Gasteiger partial charge >= 0.3 is 0 Å². The van der Waals surface area contributed by atoms with E-state index in [1.165, 1.54) is 0 Å². The van der Waals surface area contributed by atoms with Crippen LogP contribution in [0.15, 0.2) is 10.6 Å². The van der Waals surface area contributed by atoms with E-state index in [-0.39, 0.29) is 23.9 Å². The van der Waals surface area contributed by atoms with Crippen LogP contribution < -0.4 is 10.6 Å². The lowest BCUT2D eigenvalue weighted by atomic mass is 9.92. The second kappa shape index (κ2) is 6.24. The third-order valence-corrected chi connectivity index (χ3v) is 3.39. The molecule has 1 aliphatic heterocycles. The first kappa shape index (κ1) is 15.5. The fourth-order valence-electron chi connectivity index (χ4n) is 2.11. The summed E-state index contributed by atoms with van der Waals surface area (Å²) in [5.41, 5.74) is 0.659. The lowest BCUT2D eigenvalue weighted by Gasteiger charge is -2.30. The van der Waals surface area contributed by atoms with Crippen LogP contribution >= 0.6 is 0 Å². The molecular formula is C14H21N5O2. The number of hydrogen-bond donors (Lipinski definition) is 2. The quantitative estimate of drug-likeness (QED) is 0.851. The standard InChI is InChI=1S/C14H21N5O2/c1-14(2,3)11-6-13(21-18-11)17-12(20)9-19-5-4-16-8-10(19)7-15/h6,10,16H,4-5,8-9H2,1-3H3,(H,17,20). The van der Waals surface area contributed by atoms with Crippen molar-refractivity contribution in [1.29, 1.82) is 5.26 Å². The van der Waals surface area contributed by atoms with Gasteiger partial charge in [-0.1, -0.05) is 25.9 Å². The molecule has 0 aromatic carbocycles. The van der Waals surface area contributed by atoms with Crippen LogP contribution in [0.2, 0.25) is 0 Å². The third kappa shape index (κ3) is 4.03. The van der Waals surface area contributed by atoms with Gasteiger partial charge in [-0.3, -0.25) is 15.0 Å². The van der Waals surface area contributed by atoms with Gasteiger partial charge in [-0.2, -0.15) is 5.26 Å². The van der Waals surface area contributed by atoms with E-state index in [2.05, 4.69) is 21.9 Å². The molecule has 1 saturated heterocycles. The minimum Gasteiger partial charge on any atom is -0.338 e. The van der Waals surface area contributed by atoms with Gasteiger partial charge < -0.3 is 9.84 Å². The summed E-state index contributed by atoms with van der Waals surface area (Å²) in [6, 6.07) is 3.65. The highest BCUT2D eigenvalue weighted by Crippen LogP contribution is 2.23. The van der Waals surface area contributed by atoms with Crippen molar-refractivity contribution in [3.63, 3.8) is 0 Å². The van der Waals surface area contributed by atoms with Crippen LogP contribution in [0, 0.1) is 11.3 Å². The smallest absolute Gasteiger partial charge is 0.240 e. The maximum absolute atomic E-state index is 12.0. The molecule has 0 spiro atoms. The Morgan fingerprint density at radius 1 is 1.67 bits per heavy atom. The molecule has 7 nitrogen and oxygen atoms in total. The highest BCUT2D eigenvalue weighted by Gasteiger charge is 2.24. The number of carbonyl (C=O) groups excluding carboxylic acids is 1. The Kier molecular flexibility index (Phi) is 4.60. The van der Waals surface area contributed by atoms with E-state index in [1.54, 1.807) is 6.07 Å². The van der Waals surface area contributed by atoms with E-state index in [1.807, 2.05) is 25.7 Å². The molecular weight excluding hydrogens is 270 g/mol. The molecule has 1 aromatic rings. The maximum atomic E-state index is 12.0. The van der Waals surface area contributed by atoms with Crippen LogP contribution in [0.4, 0.5) is 5.88 Å². The summed E-state index contributed by atoms with van der Waals surface area (Å²) in [6.07, 6.45) is 0. The van der Waals surface area contributed by atoms with Gasteiger partial charge in [0.2, 0.25) is 11.8 Å². The average Bonchev–Trinajstić information content (AvgIpc) is 2.87. The fraction of sp³-hybridized carbons (Fsp3) is 0.643. The number of rotatable bonds is 3. The third-order valence-electron chi connectivity index (χ3n) is 3.39. The summed E-state index contributed by atoms with van der Waals surface area (Å²) in [4.78, 5) is 13.9. The van der Waals surface area contributed by atoms with Crippen LogP contribution in [0.1, 0.15) is 26.5 Å². The maximum Gasteiger partial charge on any atom is 0.240 e. The highest BCUT2D eigenvalue weighted by atomic mass is 16.5. The molecule has 7 heteroatoms. The zero-order valence-electron chi connectivity index (χ0n) is 12.6. The van der Waals surface area contributed by atoms with Crippen molar-refractivity contribution in [2.75, 3.05) is 31.5 Å². The molecule has 1 aromatic heterocycles. The van der Waals surface area contributed by atoms with Gasteiger partial charge in [-0.15, -0.1) is 0 Å². The minimum atomic E-state index is -0.274. The first-order valence-corrected chi connectivity index (χ1v) is 7.01. The molecule has 0 aliphatic carbocycles. The first-order chi connectivity index (χ1) is 9.90. The summed E-state index contributed by atoms with van der Waals surface area (Å²) in [6.45, 7) is 8.28. The SMILES string of the molecule is CC(C)(C)c1cc(NC(=O)CN2CCNCC2C#N)on1. The van der Waals surface area contributed by atoms with E-state index in [4.69, 9.17) is 9.78 Å². The summed E-state index contributed by atoms with van der Waals surface area (Å²) < 4.78 is 5.13.